The van der Waals surface area contributed by atoms with E-state index in [1.165, 1.54) is 12.2 Å². The number of hydrogen-bond donors (Lipinski definition) is 1. The van der Waals surface area contributed by atoms with Crippen LogP contribution in [0.3, 0.4) is 0 Å². The van der Waals surface area contributed by atoms with Crippen LogP contribution < -0.4 is 5.32 Å². The molecule has 1 aromatic rings. The maximum atomic E-state index is 9.60. The molecule has 1 aromatic carbocycles. The first kappa shape index (κ1) is 15.1. The van der Waals surface area contributed by atoms with Gasteiger partial charge in [0.2, 0.25) is 0 Å². The third-order valence-corrected chi connectivity index (χ3v) is 4.10. The number of nitrogens with zero attached hydrogens (tertiary/aromatic N) is 1. The predicted molar refractivity (Wildman–Crippen MR) is 79.6 cm³/mol. The number of thioether (sulfide) groups is 1. The van der Waals surface area contributed by atoms with Gasteiger partial charge in [-0.2, -0.15) is 17.0 Å². The summed E-state index contributed by atoms with van der Waals surface area (Å²) in [5, 5.41) is 13.0. The quantitative estimate of drug-likeness (QED) is 0.728. The van der Waals surface area contributed by atoms with Crippen molar-refractivity contribution in [3.05, 3.63) is 35.9 Å². The fourth-order valence-corrected chi connectivity index (χ4v) is 2.93. The van der Waals surface area contributed by atoms with Crippen molar-refractivity contribution in [2.45, 2.75) is 32.2 Å². The average Bonchev–Trinajstić information content (AvgIpc) is 2.43. The van der Waals surface area contributed by atoms with Gasteiger partial charge in [-0.25, -0.2) is 0 Å². The molecule has 0 aromatic heterocycles. The van der Waals surface area contributed by atoms with E-state index < -0.39 is 5.54 Å². The van der Waals surface area contributed by atoms with Gasteiger partial charge in [-0.05, 0) is 36.5 Å². The Morgan fingerprint density at radius 3 is 2.50 bits per heavy atom. The monoisotopic (exact) mass is 262 g/mol. The Bertz CT molecular complexity index is 372. The molecular weight excluding hydrogens is 240 g/mol. The molecule has 0 saturated carbocycles. The minimum absolute atomic E-state index is 0.531. The fourth-order valence-electron chi connectivity index (χ4n) is 1.99. The van der Waals surface area contributed by atoms with Crippen LogP contribution in [0.15, 0.2) is 30.3 Å². The van der Waals surface area contributed by atoms with Crippen LogP contribution in [-0.4, -0.2) is 18.1 Å². The number of rotatable bonds is 8. The Morgan fingerprint density at radius 1 is 1.22 bits per heavy atom. The molecule has 0 amide bonds. The smallest absolute Gasteiger partial charge is 0.133 e. The highest BCUT2D eigenvalue weighted by Gasteiger charge is 2.30. The van der Waals surface area contributed by atoms with Gasteiger partial charge in [-0.3, -0.25) is 5.32 Å². The van der Waals surface area contributed by atoms with E-state index in [0.717, 1.165) is 24.3 Å². The second-order valence-electron chi connectivity index (χ2n) is 4.28. The highest BCUT2D eigenvalue weighted by atomic mass is 32.2. The molecule has 1 atom stereocenters. The Hall–Kier alpha value is -0.980. The molecule has 1 rings (SSSR count). The highest BCUT2D eigenvalue weighted by Crippen LogP contribution is 2.26. The van der Waals surface area contributed by atoms with Gasteiger partial charge >= 0.3 is 0 Å². The molecule has 0 radical (unpaired) electrons. The molecule has 0 aliphatic rings. The van der Waals surface area contributed by atoms with Crippen LogP contribution >= 0.6 is 11.8 Å². The summed E-state index contributed by atoms with van der Waals surface area (Å²) >= 11 is 1.92. The second-order valence-corrected chi connectivity index (χ2v) is 5.50. The van der Waals surface area contributed by atoms with E-state index in [1.807, 2.05) is 49.0 Å². The molecule has 98 valence electrons. The van der Waals surface area contributed by atoms with Gasteiger partial charge in [0.15, 0.2) is 0 Å². The summed E-state index contributed by atoms with van der Waals surface area (Å²) in [5.41, 5.74) is 0.544. The number of nitrogens with one attached hydrogen (secondary N) is 1. The van der Waals surface area contributed by atoms with Crippen molar-refractivity contribution >= 4 is 11.8 Å². The van der Waals surface area contributed by atoms with Crippen LogP contribution in [-0.2, 0) is 5.54 Å². The Balaban J connectivity index is 2.79. The largest absolute Gasteiger partial charge is 0.296 e. The van der Waals surface area contributed by atoms with Gasteiger partial charge in [0.25, 0.3) is 0 Å². The summed E-state index contributed by atoms with van der Waals surface area (Å²) in [4.78, 5) is 0. The van der Waals surface area contributed by atoms with E-state index in [2.05, 4.69) is 18.3 Å². The van der Waals surface area contributed by atoms with Crippen molar-refractivity contribution in [1.82, 2.24) is 5.32 Å². The number of hydrogen-bond acceptors (Lipinski definition) is 3. The Labute approximate surface area is 115 Å². The van der Waals surface area contributed by atoms with Crippen molar-refractivity contribution < 1.29 is 0 Å². The van der Waals surface area contributed by atoms with E-state index in [-0.39, 0.29) is 0 Å². The van der Waals surface area contributed by atoms with Crippen molar-refractivity contribution in [2.75, 3.05) is 18.1 Å². The lowest BCUT2D eigenvalue weighted by Crippen LogP contribution is -2.41. The normalized spacial score (nSPS) is 13.8. The Morgan fingerprint density at radius 2 is 1.94 bits per heavy atom. The minimum atomic E-state index is -0.531. The number of nitriles is 1. The zero-order valence-electron chi connectivity index (χ0n) is 11.3. The first-order valence-electron chi connectivity index (χ1n) is 6.58. The van der Waals surface area contributed by atoms with E-state index in [1.54, 1.807) is 0 Å². The molecule has 0 heterocycles. The fraction of sp³-hybridized carbons (Fsp3) is 0.533. The topological polar surface area (TPSA) is 35.8 Å². The second kappa shape index (κ2) is 8.18. The first-order chi connectivity index (χ1) is 8.79. The summed E-state index contributed by atoms with van der Waals surface area (Å²) in [5.74, 6) is 2.19. The van der Waals surface area contributed by atoms with Crippen molar-refractivity contribution in [3.63, 3.8) is 0 Å². The zero-order valence-corrected chi connectivity index (χ0v) is 12.1. The minimum Gasteiger partial charge on any atom is -0.296 e. The van der Waals surface area contributed by atoms with Crippen molar-refractivity contribution in [2.24, 2.45) is 0 Å². The first-order valence-corrected chi connectivity index (χ1v) is 7.74. The van der Waals surface area contributed by atoms with Crippen LogP contribution in [0.1, 0.15) is 32.3 Å². The molecule has 0 aliphatic carbocycles. The molecule has 18 heavy (non-hydrogen) atoms. The van der Waals surface area contributed by atoms with Gasteiger partial charge in [0, 0.05) is 0 Å². The summed E-state index contributed by atoms with van der Waals surface area (Å²) in [6, 6.07) is 12.5. The standard InChI is InChI=1S/C15H22N2S/c1-3-11-18-12-10-15(13-16,17-4-2)14-8-6-5-7-9-14/h5-9,17H,3-4,10-12H2,1-2H3. The van der Waals surface area contributed by atoms with E-state index >= 15 is 0 Å². The van der Waals surface area contributed by atoms with E-state index in [0.29, 0.717) is 0 Å². The highest BCUT2D eigenvalue weighted by molar-refractivity contribution is 7.99. The molecule has 2 nitrogen and oxygen atoms in total. The lowest BCUT2D eigenvalue weighted by atomic mass is 9.88. The molecule has 0 fully saturated rings. The maximum Gasteiger partial charge on any atom is 0.133 e. The summed E-state index contributed by atoms with van der Waals surface area (Å²) in [6.07, 6.45) is 2.04. The summed E-state index contributed by atoms with van der Waals surface area (Å²) < 4.78 is 0. The number of benzene rings is 1. The lowest BCUT2D eigenvalue weighted by Gasteiger charge is -2.28. The SMILES string of the molecule is CCCSCCC(C#N)(NCC)c1ccccc1. The Kier molecular flexibility index (Phi) is 6.85. The maximum absolute atomic E-state index is 9.60. The molecule has 0 spiro atoms. The van der Waals surface area contributed by atoms with Crippen LogP contribution in [0, 0.1) is 11.3 Å². The van der Waals surface area contributed by atoms with Crippen LogP contribution in [0.4, 0.5) is 0 Å². The van der Waals surface area contributed by atoms with Gasteiger partial charge in [0.05, 0.1) is 6.07 Å². The van der Waals surface area contributed by atoms with Gasteiger partial charge in [-0.1, -0.05) is 44.2 Å². The van der Waals surface area contributed by atoms with E-state index in [4.69, 9.17) is 0 Å². The summed E-state index contributed by atoms with van der Waals surface area (Å²) in [7, 11) is 0. The lowest BCUT2D eigenvalue weighted by molar-refractivity contribution is 0.428. The van der Waals surface area contributed by atoms with Crippen molar-refractivity contribution in [1.29, 1.82) is 5.26 Å². The van der Waals surface area contributed by atoms with Crippen LogP contribution in [0.5, 0.6) is 0 Å². The van der Waals surface area contributed by atoms with Gasteiger partial charge in [-0.15, -0.1) is 0 Å². The summed E-state index contributed by atoms with van der Waals surface area (Å²) in [6.45, 7) is 5.04. The molecule has 1 unspecified atom stereocenters. The molecule has 0 bridgehead atoms. The molecule has 0 aliphatic heterocycles. The molecular formula is C15H22N2S. The zero-order chi connectivity index (χ0) is 13.3. The van der Waals surface area contributed by atoms with E-state index in [9.17, 15) is 5.26 Å². The molecule has 3 heteroatoms. The van der Waals surface area contributed by atoms with Crippen LogP contribution in [0.25, 0.3) is 0 Å². The predicted octanol–water partition coefficient (Wildman–Crippen LogP) is 3.55. The third-order valence-electron chi connectivity index (χ3n) is 2.91. The van der Waals surface area contributed by atoms with Crippen molar-refractivity contribution in [3.8, 4) is 6.07 Å². The van der Waals surface area contributed by atoms with Gasteiger partial charge < -0.3 is 0 Å². The van der Waals surface area contributed by atoms with Crippen LogP contribution in [0.2, 0.25) is 0 Å². The third kappa shape index (κ3) is 4.04. The molecule has 1 N–H and O–H groups in total. The average molecular weight is 262 g/mol. The van der Waals surface area contributed by atoms with Gasteiger partial charge in [0.1, 0.15) is 5.54 Å². The molecule has 0 saturated heterocycles.